The lowest BCUT2D eigenvalue weighted by molar-refractivity contribution is -0.0183. The van der Waals surface area contributed by atoms with Crippen molar-refractivity contribution in [2.45, 2.75) is 6.04 Å². The van der Waals surface area contributed by atoms with Crippen LogP contribution in [-0.2, 0) is 4.74 Å². The fourth-order valence-corrected chi connectivity index (χ4v) is 2.04. The molecule has 104 valence electrons. The lowest BCUT2D eigenvalue weighted by Crippen LogP contribution is -2.50. The van der Waals surface area contributed by atoms with Gasteiger partial charge in [-0.2, -0.15) is 0 Å². The number of hydrogen-bond donors (Lipinski definition) is 1. The van der Waals surface area contributed by atoms with Crippen molar-refractivity contribution in [3.63, 3.8) is 0 Å². The van der Waals surface area contributed by atoms with Gasteiger partial charge in [0, 0.05) is 32.4 Å². The molecule has 1 atom stereocenters. The van der Waals surface area contributed by atoms with Crippen molar-refractivity contribution in [3.05, 3.63) is 23.9 Å². The van der Waals surface area contributed by atoms with E-state index in [0.717, 1.165) is 5.82 Å². The van der Waals surface area contributed by atoms with Gasteiger partial charge in [0.2, 0.25) is 0 Å². The summed E-state index contributed by atoms with van der Waals surface area (Å²) in [5, 5.41) is 9.31. The summed E-state index contributed by atoms with van der Waals surface area (Å²) in [7, 11) is 3.75. The SMILES string of the molecule is CN(C)c1cc(C(=O)N2CCOCC2CO)ccn1. The van der Waals surface area contributed by atoms with E-state index in [9.17, 15) is 9.90 Å². The summed E-state index contributed by atoms with van der Waals surface area (Å²) >= 11 is 0. The summed E-state index contributed by atoms with van der Waals surface area (Å²) in [6.07, 6.45) is 1.62. The molecule has 2 heterocycles. The summed E-state index contributed by atoms with van der Waals surface area (Å²) in [4.78, 5) is 20.2. The largest absolute Gasteiger partial charge is 0.394 e. The topological polar surface area (TPSA) is 65.9 Å². The molecule has 0 aromatic carbocycles. The third-order valence-corrected chi connectivity index (χ3v) is 3.15. The molecule has 0 aliphatic carbocycles. The maximum atomic E-state index is 12.5. The predicted molar refractivity (Wildman–Crippen MR) is 71.3 cm³/mol. The average Bonchev–Trinajstić information content (AvgIpc) is 2.46. The van der Waals surface area contributed by atoms with Gasteiger partial charge in [-0.05, 0) is 12.1 Å². The van der Waals surface area contributed by atoms with E-state index in [2.05, 4.69) is 4.98 Å². The fraction of sp³-hybridized carbons (Fsp3) is 0.538. The molecule has 0 radical (unpaired) electrons. The Balaban J connectivity index is 2.20. The lowest BCUT2D eigenvalue weighted by atomic mass is 10.1. The van der Waals surface area contributed by atoms with Crippen molar-refractivity contribution >= 4 is 11.7 Å². The number of amides is 1. The number of aliphatic hydroxyl groups is 1. The van der Waals surface area contributed by atoms with E-state index in [1.165, 1.54) is 0 Å². The van der Waals surface area contributed by atoms with Crippen LogP contribution < -0.4 is 4.90 Å². The minimum Gasteiger partial charge on any atom is -0.394 e. The molecule has 1 aromatic rings. The molecule has 1 unspecified atom stereocenters. The monoisotopic (exact) mass is 265 g/mol. The Hall–Kier alpha value is -1.66. The Labute approximate surface area is 112 Å². The van der Waals surface area contributed by atoms with Gasteiger partial charge in [0.05, 0.1) is 25.9 Å². The average molecular weight is 265 g/mol. The first-order valence-electron chi connectivity index (χ1n) is 6.26. The number of pyridine rings is 1. The number of anilines is 1. The molecule has 1 N–H and O–H groups in total. The van der Waals surface area contributed by atoms with Gasteiger partial charge in [0.1, 0.15) is 5.82 Å². The van der Waals surface area contributed by atoms with Gasteiger partial charge in [0.15, 0.2) is 0 Å². The molecule has 1 aliphatic heterocycles. The number of aromatic nitrogens is 1. The summed E-state index contributed by atoms with van der Waals surface area (Å²) in [5.41, 5.74) is 0.582. The molecule has 6 nitrogen and oxygen atoms in total. The van der Waals surface area contributed by atoms with Crippen LogP contribution >= 0.6 is 0 Å². The Bertz CT molecular complexity index is 451. The number of hydrogen-bond acceptors (Lipinski definition) is 5. The Morgan fingerprint density at radius 2 is 2.42 bits per heavy atom. The van der Waals surface area contributed by atoms with Crippen molar-refractivity contribution in [1.29, 1.82) is 0 Å². The Kier molecular flexibility index (Phi) is 4.34. The van der Waals surface area contributed by atoms with Crippen LogP contribution in [-0.4, -0.2) is 67.4 Å². The molecule has 1 aromatic heterocycles. The third-order valence-electron chi connectivity index (χ3n) is 3.15. The van der Waals surface area contributed by atoms with Gasteiger partial charge in [-0.1, -0.05) is 0 Å². The highest BCUT2D eigenvalue weighted by Gasteiger charge is 2.27. The van der Waals surface area contributed by atoms with E-state index in [-0.39, 0.29) is 18.6 Å². The van der Waals surface area contributed by atoms with Crippen LogP contribution in [0.5, 0.6) is 0 Å². The minimum absolute atomic E-state index is 0.0860. The quantitative estimate of drug-likeness (QED) is 0.832. The van der Waals surface area contributed by atoms with Crippen LogP contribution in [0.15, 0.2) is 18.3 Å². The van der Waals surface area contributed by atoms with Gasteiger partial charge in [0.25, 0.3) is 5.91 Å². The standard InChI is InChI=1S/C13H19N3O3/c1-15(2)12-7-10(3-4-14-12)13(18)16-5-6-19-9-11(16)8-17/h3-4,7,11,17H,5-6,8-9H2,1-2H3. The second-order valence-electron chi connectivity index (χ2n) is 4.71. The smallest absolute Gasteiger partial charge is 0.254 e. The molecule has 19 heavy (non-hydrogen) atoms. The number of ether oxygens (including phenoxy) is 1. The molecule has 1 fully saturated rings. The lowest BCUT2D eigenvalue weighted by Gasteiger charge is -2.34. The van der Waals surface area contributed by atoms with Crippen molar-refractivity contribution in [3.8, 4) is 0 Å². The van der Waals surface area contributed by atoms with E-state index in [4.69, 9.17) is 4.74 Å². The maximum Gasteiger partial charge on any atom is 0.254 e. The first-order chi connectivity index (χ1) is 9.13. The number of carbonyl (C=O) groups is 1. The first kappa shape index (κ1) is 13.8. The number of aliphatic hydroxyl groups excluding tert-OH is 1. The van der Waals surface area contributed by atoms with Gasteiger partial charge in [-0.15, -0.1) is 0 Å². The van der Waals surface area contributed by atoms with E-state index < -0.39 is 0 Å². The fourth-order valence-electron chi connectivity index (χ4n) is 2.04. The van der Waals surface area contributed by atoms with Crippen LogP contribution in [0, 0.1) is 0 Å². The molecule has 1 aliphatic rings. The van der Waals surface area contributed by atoms with Gasteiger partial charge >= 0.3 is 0 Å². The zero-order valence-electron chi connectivity index (χ0n) is 11.2. The van der Waals surface area contributed by atoms with E-state index in [1.807, 2.05) is 19.0 Å². The molecule has 0 bridgehead atoms. The minimum atomic E-state index is -0.266. The van der Waals surface area contributed by atoms with Gasteiger partial charge in [-0.25, -0.2) is 4.98 Å². The van der Waals surface area contributed by atoms with Crippen LogP contribution in [0.1, 0.15) is 10.4 Å². The highest BCUT2D eigenvalue weighted by Crippen LogP contribution is 2.15. The highest BCUT2D eigenvalue weighted by molar-refractivity contribution is 5.95. The van der Waals surface area contributed by atoms with Crippen molar-refractivity contribution in [2.24, 2.45) is 0 Å². The zero-order valence-corrected chi connectivity index (χ0v) is 11.2. The molecule has 1 amide bonds. The second kappa shape index (κ2) is 5.99. The summed E-state index contributed by atoms with van der Waals surface area (Å²) < 4.78 is 5.28. The number of nitrogens with zero attached hydrogens (tertiary/aromatic N) is 3. The van der Waals surface area contributed by atoms with Crippen LogP contribution in [0.4, 0.5) is 5.82 Å². The molecule has 2 rings (SSSR count). The Morgan fingerprint density at radius 1 is 1.63 bits per heavy atom. The molecular formula is C13H19N3O3. The van der Waals surface area contributed by atoms with E-state index in [1.54, 1.807) is 23.2 Å². The van der Waals surface area contributed by atoms with E-state index >= 15 is 0 Å². The maximum absolute atomic E-state index is 12.5. The second-order valence-corrected chi connectivity index (χ2v) is 4.71. The van der Waals surface area contributed by atoms with Crippen molar-refractivity contribution < 1.29 is 14.6 Å². The summed E-state index contributed by atoms with van der Waals surface area (Å²) in [5.74, 6) is 0.646. The van der Waals surface area contributed by atoms with E-state index in [0.29, 0.717) is 25.3 Å². The van der Waals surface area contributed by atoms with Gasteiger partial charge < -0.3 is 19.6 Å². The summed E-state index contributed by atoms with van der Waals surface area (Å²) in [6, 6.07) is 3.18. The molecule has 6 heteroatoms. The van der Waals surface area contributed by atoms with Crippen LogP contribution in [0.3, 0.4) is 0 Å². The predicted octanol–water partition coefficient (Wildman–Crippen LogP) is -0.0191. The Morgan fingerprint density at radius 3 is 3.11 bits per heavy atom. The number of carbonyl (C=O) groups excluding carboxylic acids is 1. The van der Waals surface area contributed by atoms with Crippen molar-refractivity contribution in [2.75, 3.05) is 45.4 Å². The molecular weight excluding hydrogens is 246 g/mol. The normalized spacial score (nSPS) is 19.3. The molecule has 0 spiro atoms. The summed E-state index contributed by atoms with van der Waals surface area (Å²) in [6.45, 7) is 1.31. The third kappa shape index (κ3) is 3.02. The molecule has 0 saturated carbocycles. The van der Waals surface area contributed by atoms with Gasteiger partial charge in [-0.3, -0.25) is 4.79 Å². The number of rotatable bonds is 3. The van der Waals surface area contributed by atoms with Crippen LogP contribution in [0.25, 0.3) is 0 Å². The molecule has 1 saturated heterocycles. The first-order valence-corrected chi connectivity index (χ1v) is 6.26. The number of morpholine rings is 1. The van der Waals surface area contributed by atoms with Crippen molar-refractivity contribution in [1.82, 2.24) is 9.88 Å². The highest BCUT2D eigenvalue weighted by atomic mass is 16.5. The van der Waals surface area contributed by atoms with Crippen LogP contribution in [0.2, 0.25) is 0 Å². The zero-order chi connectivity index (χ0) is 13.8.